The van der Waals surface area contributed by atoms with Crippen molar-refractivity contribution in [1.29, 1.82) is 0 Å². The Labute approximate surface area is 301 Å². The molecule has 0 N–H and O–H groups in total. The molecule has 4 aromatic carbocycles. The van der Waals surface area contributed by atoms with Crippen LogP contribution >= 0.6 is 0 Å². The van der Waals surface area contributed by atoms with Gasteiger partial charge in [-0.25, -0.2) is 5.57 Å². The van der Waals surface area contributed by atoms with Gasteiger partial charge >= 0.3 is 86.7 Å². The molecule has 0 saturated heterocycles. The molecule has 1 atom stereocenters. The van der Waals surface area contributed by atoms with Gasteiger partial charge in [-0.2, -0.15) is 41.0 Å². The zero-order valence-corrected chi connectivity index (χ0v) is 32.7. The average molecular weight is 715 g/mol. The molecule has 0 aliphatic heterocycles. The fourth-order valence-corrected chi connectivity index (χ4v) is 6.47. The predicted octanol–water partition coefficient (Wildman–Crippen LogP) is 5.17. The van der Waals surface area contributed by atoms with Crippen molar-refractivity contribution in [2.75, 3.05) is 0 Å². The molecule has 1 unspecified atom stereocenters. The topological polar surface area (TPSA) is 0 Å². The molecule has 236 valence electrons. The summed E-state index contributed by atoms with van der Waals surface area (Å²) >= 11 is 1.46. The van der Waals surface area contributed by atoms with E-state index < -0.39 is 0 Å². The van der Waals surface area contributed by atoms with Gasteiger partial charge in [0.05, 0.1) is 0 Å². The monoisotopic (exact) mass is 712 g/mol. The van der Waals surface area contributed by atoms with Crippen LogP contribution in [0.25, 0.3) is 21.9 Å². The molecule has 0 aromatic heterocycles. The summed E-state index contributed by atoms with van der Waals surface area (Å²) in [6.07, 6.45) is 6.71. The Bertz CT molecular complexity index is 1610. The standard InChI is InChI=1S/C21H25.C11H8.C10H15.2ClH.Zr/c1-20(2,3)16-9-7-14-11-15-8-10-17(21(4,5)6)13-19(15)18(14)12-16;1-9-5-4-7-10-6-2-3-8-11(9)10;1-7(2)10-6-8(3)5-9(10)4;;;/h7,9-10,12-13H,11H2,1-6H3;1-8H;6-8H,1-4H3;2*1H;/q-1;;-1;;;+2/p-2. The van der Waals surface area contributed by atoms with E-state index in [0.717, 1.165) is 6.42 Å². The van der Waals surface area contributed by atoms with Gasteiger partial charge in [-0.05, 0) is 17.4 Å². The van der Waals surface area contributed by atoms with Crippen LogP contribution in [0.1, 0.15) is 97.1 Å². The van der Waals surface area contributed by atoms with Crippen LogP contribution in [0, 0.1) is 24.0 Å². The molecule has 45 heavy (non-hydrogen) atoms. The molecule has 0 radical (unpaired) electrons. The molecule has 2 aliphatic rings. The molecular formula is C42H48Cl2Zr-2. The fourth-order valence-electron chi connectivity index (χ4n) is 5.85. The van der Waals surface area contributed by atoms with Crippen LogP contribution in [0.2, 0.25) is 0 Å². The van der Waals surface area contributed by atoms with E-state index in [2.05, 4.69) is 164 Å². The first-order chi connectivity index (χ1) is 20.2. The molecule has 0 heterocycles. The minimum atomic E-state index is 0. The molecular weight excluding hydrogens is 667 g/mol. The predicted molar refractivity (Wildman–Crippen MR) is 185 cm³/mol. The van der Waals surface area contributed by atoms with Crippen molar-refractivity contribution in [3.8, 4) is 11.1 Å². The van der Waals surface area contributed by atoms with E-state index in [1.165, 1.54) is 85.1 Å². The molecule has 0 bridgehead atoms. The summed E-state index contributed by atoms with van der Waals surface area (Å²) in [6.45, 7) is 22.4. The van der Waals surface area contributed by atoms with Crippen LogP contribution in [-0.2, 0) is 41.5 Å². The van der Waals surface area contributed by atoms with Crippen LogP contribution in [0.15, 0.2) is 90.0 Å². The minimum absolute atomic E-state index is 0. The van der Waals surface area contributed by atoms with Gasteiger partial charge in [0.15, 0.2) is 0 Å². The van der Waals surface area contributed by atoms with E-state index in [4.69, 9.17) is 0 Å². The summed E-state index contributed by atoms with van der Waals surface area (Å²) in [5.74, 6) is 1.20. The first-order valence-electron chi connectivity index (χ1n) is 15.7. The van der Waals surface area contributed by atoms with Gasteiger partial charge < -0.3 is 24.8 Å². The maximum atomic E-state index is 3.53. The molecule has 0 saturated carbocycles. The third kappa shape index (κ3) is 9.73. The van der Waals surface area contributed by atoms with Gasteiger partial charge in [-0.3, -0.25) is 6.08 Å². The number of rotatable bonds is 2. The van der Waals surface area contributed by atoms with E-state index in [1.807, 2.05) is 0 Å². The van der Waals surface area contributed by atoms with Crippen molar-refractivity contribution in [2.45, 2.75) is 86.5 Å². The summed E-state index contributed by atoms with van der Waals surface area (Å²) < 4.78 is 2.23. The zero-order valence-electron chi connectivity index (χ0n) is 28.7. The Hall–Kier alpha value is -2.05. The van der Waals surface area contributed by atoms with E-state index in [1.54, 1.807) is 0 Å². The van der Waals surface area contributed by atoms with E-state index in [-0.39, 0.29) is 35.6 Å². The van der Waals surface area contributed by atoms with Crippen LogP contribution in [0.4, 0.5) is 0 Å². The van der Waals surface area contributed by atoms with E-state index in [9.17, 15) is 0 Å². The van der Waals surface area contributed by atoms with E-state index in [0.29, 0.717) is 11.8 Å². The zero-order chi connectivity index (χ0) is 31.5. The number of allylic oxidation sites excluding steroid dienone is 4. The molecule has 0 fully saturated rings. The fraction of sp³-hybridized carbons (Fsp3) is 0.357. The van der Waals surface area contributed by atoms with Crippen molar-refractivity contribution >= 4 is 14.5 Å². The summed E-state index contributed by atoms with van der Waals surface area (Å²) in [7, 11) is 0. The van der Waals surface area contributed by atoms with Gasteiger partial charge in [0, 0.05) is 0 Å². The number of hydrogen-bond acceptors (Lipinski definition) is 0. The second-order valence-electron chi connectivity index (χ2n) is 14.4. The number of hydrogen-bond donors (Lipinski definition) is 0. The number of fused-ring (bicyclic) bond motifs is 4. The third-order valence-electron chi connectivity index (χ3n) is 8.43. The number of benzene rings is 4. The van der Waals surface area contributed by atoms with Gasteiger partial charge in [0.25, 0.3) is 0 Å². The number of halogens is 2. The molecule has 3 heteroatoms. The van der Waals surface area contributed by atoms with Crippen LogP contribution in [0.3, 0.4) is 0 Å². The van der Waals surface area contributed by atoms with Crippen molar-refractivity contribution < 1.29 is 49.0 Å². The quantitative estimate of drug-likeness (QED) is 0.222. The Morgan fingerprint density at radius 3 is 2.00 bits per heavy atom. The molecule has 4 aromatic rings. The second-order valence-corrected chi connectivity index (χ2v) is 15.1. The maximum absolute atomic E-state index is 3.53. The Morgan fingerprint density at radius 2 is 1.44 bits per heavy atom. The Morgan fingerprint density at radius 1 is 0.822 bits per heavy atom. The van der Waals surface area contributed by atoms with Crippen molar-refractivity contribution in [2.24, 2.45) is 11.8 Å². The molecule has 0 nitrogen and oxygen atoms in total. The molecule has 2 aliphatic carbocycles. The van der Waals surface area contributed by atoms with Crippen LogP contribution in [-0.4, -0.2) is 3.71 Å². The summed E-state index contributed by atoms with van der Waals surface area (Å²) in [6, 6.07) is 30.0. The van der Waals surface area contributed by atoms with Crippen molar-refractivity contribution in [1.82, 2.24) is 0 Å². The summed E-state index contributed by atoms with van der Waals surface area (Å²) in [5.41, 5.74) is 12.9. The Kier molecular flexibility index (Phi) is 14.1. The first-order valence-corrected chi connectivity index (χ1v) is 17.1. The second kappa shape index (κ2) is 16.2. The molecule has 0 amide bonds. The van der Waals surface area contributed by atoms with Gasteiger partial charge in [-0.15, -0.1) is 5.56 Å². The summed E-state index contributed by atoms with van der Waals surface area (Å²) in [5, 5.41) is 2.69. The van der Waals surface area contributed by atoms with Crippen LogP contribution in [0.5, 0.6) is 0 Å². The SMILES string of the molecule is CC(C)(C)c1c[c-]c2c(c1)-c1cc(C(C)(C)C)ccc1C2.CC1=[C-]C(C)C=C1C(C)C.[Cl-].[Cl-].[Zr+2]=[CH]c1cccc2ccccc12. The normalized spacial score (nSPS) is 14.8. The molecule has 0 spiro atoms. The van der Waals surface area contributed by atoms with Gasteiger partial charge in [0.2, 0.25) is 0 Å². The van der Waals surface area contributed by atoms with Gasteiger partial charge in [0.1, 0.15) is 0 Å². The average Bonchev–Trinajstić information content (AvgIpc) is 3.50. The van der Waals surface area contributed by atoms with E-state index >= 15 is 0 Å². The van der Waals surface area contributed by atoms with Crippen molar-refractivity contribution in [3.05, 3.63) is 130 Å². The van der Waals surface area contributed by atoms with Crippen LogP contribution < -0.4 is 24.8 Å². The first kappa shape index (κ1) is 39.1. The molecule has 6 rings (SSSR count). The van der Waals surface area contributed by atoms with Crippen molar-refractivity contribution in [3.63, 3.8) is 0 Å². The Balaban J connectivity index is 0.000000251. The third-order valence-corrected chi connectivity index (χ3v) is 9.20. The van der Waals surface area contributed by atoms with Gasteiger partial charge in [-0.1, -0.05) is 116 Å². The summed E-state index contributed by atoms with van der Waals surface area (Å²) in [4.78, 5) is 0.